The molecule has 1 aromatic heterocycles. The largest absolute Gasteiger partial charge is 0.494 e. The molecular weight excluding hydrogens is 372 g/mol. The summed E-state index contributed by atoms with van der Waals surface area (Å²) in [5, 5.41) is 13.9. The van der Waals surface area contributed by atoms with Crippen LogP contribution in [-0.2, 0) is 6.54 Å². The van der Waals surface area contributed by atoms with Gasteiger partial charge in [-0.1, -0.05) is 28.1 Å². The number of aryl methyl sites for hydroxylation is 2. The summed E-state index contributed by atoms with van der Waals surface area (Å²) in [6.45, 7) is 3.07. The molecule has 0 spiro atoms. The minimum Gasteiger partial charge on any atom is -0.494 e. The monoisotopic (exact) mass is 388 g/mol. The van der Waals surface area contributed by atoms with Crippen LogP contribution in [0.25, 0.3) is 10.9 Å². The zero-order valence-corrected chi connectivity index (χ0v) is 14.8. The molecule has 0 saturated heterocycles. The van der Waals surface area contributed by atoms with Crippen molar-refractivity contribution in [3.05, 3.63) is 57.4 Å². The lowest BCUT2D eigenvalue weighted by molar-refractivity contribution is 0.298. The van der Waals surface area contributed by atoms with E-state index in [-0.39, 0.29) is 11.6 Å². The van der Waals surface area contributed by atoms with E-state index in [1.54, 1.807) is 10.6 Å². The molecule has 0 aliphatic rings. The van der Waals surface area contributed by atoms with Gasteiger partial charge >= 0.3 is 0 Å². The second-order valence-electron chi connectivity index (χ2n) is 5.60. The summed E-state index contributed by atoms with van der Waals surface area (Å²) < 4.78 is 8.25. The molecule has 0 bridgehead atoms. The summed E-state index contributed by atoms with van der Waals surface area (Å²) >= 11 is 3.37. The maximum absolute atomic E-state index is 11.0. The molecule has 0 atom stereocenters. The van der Waals surface area contributed by atoms with Crippen LogP contribution in [0.4, 0.5) is 5.69 Å². The quantitative estimate of drug-likeness (QED) is 0.461. The van der Waals surface area contributed by atoms with E-state index in [9.17, 15) is 10.0 Å². The smallest absolute Gasteiger partial charge is 0.222 e. The lowest BCUT2D eigenvalue weighted by Gasteiger charge is -2.09. The Labute approximate surface area is 148 Å². The van der Waals surface area contributed by atoms with Gasteiger partial charge in [-0.2, -0.15) is 0 Å². The number of aromatic hydroxyl groups is 1. The number of benzene rings is 2. The highest BCUT2D eigenvalue weighted by Crippen LogP contribution is 2.39. The van der Waals surface area contributed by atoms with Crippen molar-refractivity contribution in [2.45, 2.75) is 19.9 Å². The van der Waals surface area contributed by atoms with Gasteiger partial charge in [0.25, 0.3) is 0 Å². The van der Waals surface area contributed by atoms with E-state index in [4.69, 9.17) is 4.74 Å². The van der Waals surface area contributed by atoms with Crippen molar-refractivity contribution in [1.82, 2.24) is 4.57 Å². The van der Waals surface area contributed by atoms with Crippen LogP contribution in [0.1, 0.15) is 12.0 Å². The molecule has 0 radical (unpaired) electrons. The second-order valence-corrected chi connectivity index (χ2v) is 6.51. The average Bonchev–Trinajstić information content (AvgIpc) is 2.82. The van der Waals surface area contributed by atoms with Crippen molar-refractivity contribution >= 4 is 32.5 Å². The molecule has 24 heavy (non-hydrogen) atoms. The Hall–Kier alpha value is -2.34. The van der Waals surface area contributed by atoms with Gasteiger partial charge in [-0.05, 0) is 54.4 Å². The number of halogens is 1. The van der Waals surface area contributed by atoms with Crippen molar-refractivity contribution in [2.75, 3.05) is 6.61 Å². The van der Waals surface area contributed by atoms with Gasteiger partial charge in [0.2, 0.25) is 5.88 Å². The highest BCUT2D eigenvalue weighted by Gasteiger charge is 2.17. The van der Waals surface area contributed by atoms with E-state index in [2.05, 4.69) is 21.1 Å². The van der Waals surface area contributed by atoms with Crippen molar-refractivity contribution in [3.8, 4) is 11.6 Å². The fraction of sp³-hybridized carbons (Fsp3) is 0.222. The summed E-state index contributed by atoms with van der Waals surface area (Å²) in [6, 6.07) is 13.4. The number of ether oxygens (including phenoxy) is 1. The first-order chi connectivity index (χ1) is 11.6. The second kappa shape index (κ2) is 7.05. The van der Waals surface area contributed by atoms with Gasteiger partial charge in [0.1, 0.15) is 5.75 Å². The number of fused-ring (bicyclic) bond motifs is 1. The molecule has 0 saturated carbocycles. The Bertz CT molecular complexity index is 889. The Kier molecular flexibility index (Phi) is 4.85. The third kappa shape index (κ3) is 3.28. The molecule has 0 aliphatic heterocycles. The molecule has 0 unspecified atom stereocenters. The van der Waals surface area contributed by atoms with Crippen LogP contribution < -0.4 is 4.74 Å². The number of aromatic nitrogens is 1. The zero-order valence-electron chi connectivity index (χ0n) is 13.2. The van der Waals surface area contributed by atoms with Crippen molar-refractivity contribution in [3.63, 3.8) is 0 Å². The van der Waals surface area contributed by atoms with Crippen LogP contribution in [-0.4, -0.2) is 16.3 Å². The molecule has 3 rings (SSSR count). The Morgan fingerprint density at radius 1 is 1.25 bits per heavy atom. The Morgan fingerprint density at radius 2 is 2.08 bits per heavy atom. The minimum absolute atomic E-state index is 0.0749. The number of hydrogen-bond donors (Lipinski definition) is 1. The molecule has 1 heterocycles. The number of nitroso groups, excluding NO2 is 1. The van der Waals surface area contributed by atoms with E-state index in [0.29, 0.717) is 25.0 Å². The van der Waals surface area contributed by atoms with Crippen LogP contribution in [0.15, 0.2) is 52.1 Å². The highest BCUT2D eigenvalue weighted by atomic mass is 79.9. The van der Waals surface area contributed by atoms with Crippen LogP contribution in [0.2, 0.25) is 0 Å². The number of hydrogen-bond acceptors (Lipinski definition) is 4. The van der Waals surface area contributed by atoms with E-state index < -0.39 is 0 Å². The summed E-state index contributed by atoms with van der Waals surface area (Å²) in [5.74, 6) is 0.726. The molecule has 2 aromatic carbocycles. The van der Waals surface area contributed by atoms with Crippen LogP contribution >= 0.6 is 15.9 Å². The average molecular weight is 389 g/mol. The predicted molar refractivity (Wildman–Crippen MR) is 98.0 cm³/mol. The maximum atomic E-state index is 11.0. The van der Waals surface area contributed by atoms with E-state index in [1.807, 2.05) is 43.3 Å². The minimum atomic E-state index is -0.103. The van der Waals surface area contributed by atoms with Gasteiger partial charge in [0, 0.05) is 16.4 Å². The molecule has 124 valence electrons. The molecule has 0 amide bonds. The first-order valence-electron chi connectivity index (χ1n) is 7.63. The predicted octanol–water partition coefficient (Wildman–Crippen LogP) is 5.28. The van der Waals surface area contributed by atoms with E-state index in [0.717, 1.165) is 21.3 Å². The molecule has 5 nitrogen and oxygen atoms in total. The highest BCUT2D eigenvalue weighted by molar-refractivity contribution is 9.10. The number of rotatable bonds is 6. The molecule has 0 aliphatic carbocycles. The maximum Gasteiger partial charge on any atom is 0.222 e. The fourth-order valence-corrected chi connectivity index (χ4v) is 3.09. The molecule has 1 N–H and O–H groups in total. The fourth-order valence-electron chi connectivity index (χ4n) is 2.73. The molecule has 0 fully saturated rings. The summed E-state index contributed by atoms with van der Waals surface area (Å²) in [4.78, 5) is 11.0. The van der Waals surface area contributed by atoms with Gasteiger partial charge in [-0.15, -0.1) is 4.91 Å². The van der Waals surface area contributed by atoms with Crippen LogP contribution in [0.5, 0.6) is 11.6 Å². The van der Waals surface area contributed by atoms with Gasteiger partial charge in [0.05, 0.1) is 12.1 Å². The van der Waals surface area contributed by atoms with Crippen LogP contribution in [0.3, 0.4) is 0 Å². The van der Waals surface area contributed by atoms with Crippen molar-refractivity contribution < 1.29 is 9.84 Å². The van der Waals surface area contributed by atoms with E-state index >= 15 is 0 Å². The molecular formula is C18H17BrN2O3. The zero-order chi connectivity index (χ0) is 17.1. The molecule has 3 aromatic rings. The topological polar surface area (TPSA) is 63.8 Å². The van der Waals surface area contributed by atoms with Crippen molar-refractivity contribution in [1.29, 1.82) is 0 Å². The lowest BCUT2D eigenvalue weighted by Crippen LogP contribution is -2.04. The first kappa shape index (κ1) is 16.5. The normalized spacial score (nSPS) is 10.9. The first-order valence-corrected chi connectivity index (χ1v) is 8.43. The Balaban J connectivity index is 1.73. The SMILES string of the molecule is Cc1cccc(OCCCn2c(O)c(N=O)c3cc(Br)ccc32)c1. The summed E-state index contributed by atoms with van der Waals surface area (Å²) in [5.41, 5.74) is 2.00. The van der Waals surface area contributed by atoms with Gasteiger partial charge in [0.15, 0.2) is 5.69 Å². The third-order valence-electron chi connectivity index (χ3n) is 3.85. The standard InChI is InChI=1S/C18H17BrN2O3/c1-12-4-2-5-14(10-12)24-9-3-8-21-16-7-6-13(19)11-15(16)17(20-23)18(21)22/h2,4-7,10-11,22H,3,8-9H2,1H3. The lowest BCUT2D eigenvalue weighted by atomic mass is 10.2. The van der Waals surface area contributed by atoms with Gasteiger partial charge in [-0.3, -0.25) is 0 Å². The van der Waals surface area contributed by atoms with Crippen LogP contribution in [0, 0.1) is 11.8 Å². The summed E-state index contributed by atoms with van der Waals surface area (Å²) in [7, 11) is 0. The Morgan fingerprint density at radius 3 is 2.83 bits per heavy atom. The summed E-state index contributed by atoms with van der Waals surface area (Å²) in [6.07, 6.45) is 0.694. The van der Waals surface area contributed by atoms with Crippen molar-refractivity contribution in [2.24, 2.45) is 5.18 Å². The van der Waals surface area contributed by atoms with Gasteiger partial charge < -0.3 is 14.4 Å². The molecule has 6 heteroatoms. The van der Waals surface area contributed by atoms with E-state index in [1.165, 1.54) is 0 Å². The van der Waals surface area contributed by atoms with Gasteiger partial charge in [-0.25, -0.2) is 0 Å². The third-order valence-corrected chi connectivity index (χ3v) is 4.34. The number of nitrogens with zero attached hydrogens (tertiary/aromatic N) is 2.